The Balaban J connectivity index is 1.57. The fourth-order valence-electron chi connectivity index (χ4n) is 4.87. The Kier molecular flexibility index (Phi) is 6.19. The molecule has 0 bridgehead atoms. The second kappa shape index (κ2) is 9.40. The van der Waals surface area contributed by atoms with E-state index in [1.807, 2.05) is 47.4 Å². The Morgan fingerprint density at radius 2 is 1.73 bits per heavy atom. The molecule has 1 saturated heterocycles. The Hall–Kier alpha value is -3.11. The molecule has 1 atom stereocenters. The van der Waals surface area contributed by atoms with Gasteiger partial charge in [-0.1, -0.05) is 54.1 Å². The third-order valence-electron chi connectivity index (χ3n) is 6.55. The SMILES string of the molecule is O=C(C[C@H](c1cccc(Cl)c1)c1cn(Cc2ccc(F)cc2)c2ccccc12)N1CCCC1. The summed E-state index contributed by atoms with van der Waals surface area (Å²) in [5, 5.41) is 1.79. The summed E-state index contributed by atoms with van der Waals surface area (Å²) in [6, 6.07) is 22.7. The van der Waals surface area contributed by atoms with Crippen LogP contribution in [0.25, 0.3) is 10.9 Å². The van der Waals surface area contributed by atoms with Crippen LogP contribution in [0.2, 0.25) is 5.02 Å². The third kappa shape index (κ3) is 4.67. The predicted molar refractivity (Wildman–Crippen MR) is 131 cm³/mol. The van der Waals surface area contributed by atoms with Crippen LogP contribution in [0.5, 0.6) is 0 Å². The summed E-state index contributed by atoms with van der Waals surface area (Å²) in [6.45, 7) is 2.31. The van der Waals surface area contributed by atoms with Crippen molar-refractivity contribution in [3.05, 3.63) is 107 Å². The standard InChI is InChI=1S/C28H26ClFN2O/c29-22-7-5-6-21(16-22)25(17-28(33)31-14-3-4-15-31)26-19-32(27-9-2-1-8-24(26)27)18-20-10-12-23(30)13-11-20/h1-2,5-13,16,19,25H,3-4,14-15,17-18H2/t25-/m1/s1. The lowest BCUT2D eigenvalue weighted by molar-refractivity contribution is -0.130. The minimum atomic E-state index is -0.238. The first kappa shape index (κ1) is 21.7. The molecule has 3 aromatic carbocycles. The third-order valence-corrected chi connectivity index (χ3v) is 6.78. The Bertz CT molecular complexity index is 1270. The van der Waals surface area contributed by atoms with Crippen LogP contribution in [-0.4, -0.2) is 28.5 Å². The number of nitrogens with zero attached hydrogens (tertiary/aromatic N) is 2. The molecule has 5 heteroatoms. The number of aromatic nitrogens is 1. The van der Waals surface area contributed by atoms with Crippen LogP contribution < -0.4 is 0 Å². The van der Waals surface area contributed by atoms with Crippen molar-refractivity contribution in [2.24, 2.45) is 0 Å². The van der Waals surface area contributed by atoms with E-state index < -0.39 is 0 Å². The number of hydrogen-bond acceptors (Lipinski definition) is 1. The van der Waals surface area contributed by atoms with Gasteiger partial charge in [-0.2, -0.15) is 0 Å². The zero-order chi connectivity index (χ0) is 22.8. The first-order valence-electron chi connectivity index (χ1n) is 11.4. The summed E-state index contributed by atoms with van der Waals surface area (Å²) in [5.74, 6) is -0.151. The summed E-state index contributed by atoms with van der Waals surface area (Å²) < 4.78 is 15.6. The van der Waals surface area contributed by atoms with Gasteiger partial charge in [0, 0.05) is 54.1 Å². The fourth-order valence-corrected chi connectivity index (χ4v) is 5.07. The van der Waals surface area contributed by atoms with Gasteiger partial charge < -0.3 is 9.47 Å². The van der Waals surface area contributed by atoms with Crippen molar-refractivity contribution in [3.8, 4) is 0 Å². The monoisotopic (exact) mass is 460 g/mol. The molecule has 0 saturated carbocycles. The molecule has 0 N–H and O–H groups in total. The first-order chi connectivity index (χ1) is 16.1. The van der Waals surface area contributed by atoms with Crippen molar-refractivity contribution in [2.75, 3.05) is 13.1 Å². The zero-order valence-corrected chi connectivity index (χ0v) is 19.1. The van der Waals surface area contributed by atoms with Gasteiger partial charge >= 0.3 is 0 Å². The Morgan fingerprint density at radius 1 is 0.970 bits per heavy atom. The predicted octanol–water partition coefficient (Wildman–Crippen LogP) is 6.63. The van der Waals surface area contributed by atoms with Crippen LogP contribution in [0.15, 0.2) is 79.0 Å². The van der Waals surface area contributed by atoms with Gasteiger partial charge in [0.05, 0.1) is 0 Å². The van der Waals surface area contributed by atoms with Crippen molar-refractivity contribution in [2.45, 2.75) is 31.7 Å². The lowest BCUT2D eigenvalue weighted by Crippen LogP contribution is -2.29. The molecule has 33 heavy (non-hydrogen) atoms. The van der Waals surface area contributed by atoms with Crippen molar-refractivity contribution >= 4 is 28.4 Å². The lowest BCUT2D eigenvalue weighted by atomic mass is 9.88. The molecule has 2 heterocycles. The minimum absolute atomic E-state index is 0.101. The molecule has 0 aliphatic carbocycles. The maximum Gasteiger partial charge on any atom is 0.223 e. The van der Waals surface area contributed by atoms with Gasteiger partial charge in [0.1, 0.15) is 5.82 Å². The van der Waals surface area contributed by atoms with Crippen LogP contribution in [0.1, 0.15) is 41.9 Å². The normalized spacial score (nSPS) is 14.7. The van der Waals surface area contributed by atoms with E-state index in [4.69, 9.17) is 11.6 Å². The lowest BCUT2D eigenvalue weighted by Gasteiger charge is -2.21. The number of amides is 1. The summed E-state index contributed by atoms with van der Waals surface area (Å²) in [4.78, 5) is 15.2. The molecule has 1 fully saturated rings. The molecule has 0 unspecified atom stereocenters. The zero-order valence-electron chi connectivity index (χ0n) is 18.4. The van der Waals surface area contributed by atoms with E-state index in [2.05, 4.69) is 29.0 Å². The Labute approximate surface area is 198 Å². The molecular weight excluding hydrogens is 435 g/mol. The van der Waals surface area contributed by atoms with E-state index in [1.54, 1.807) is 0 Å². The van der Waals surface area contributed by atoms with E-state index in [0.717, 1.165) is 53.5 Å². The number of likely N-dealkylation sites (tertiary alicyclic amines) is 1. The largest absolute Gasteiger partial charge is 0.343 e. The highest BCUT2D eigenvalue weighted by Crippen LogP contribution is 2.36. The highest BCUT2D eigenvalue weighted by atomic mass is 35.5. The summed E-state index contributed by atoms with van der Waals surface area (Å²) in [5.41, 5.74) is 4.27. The topological polar surface area (TPSA) is 25.2 Å². The minimum Gasteiger partial charge on any atom is -0.343 e. The fraction of sp³-hybridized carbons (Fsp3) is 0.250. The molecule has 1 amide bonds. The van der Waals surface area contributed by atoms with Crippen molar-refractivity contribution < 1.29 is 9.18 Å². The number of hydrogen-bond donors (Lipinski definition) is 0. The Morgan fingerprint density at radius 3 is 2.48 bits per heavy atom. The number of benzene rings is 3. The van der Waals surface area contributed by atoms with E-state index in [1.165, 1.54) is 12.1 Å². The number of para-hydroxylation sites is 1. The molecule has 5 rings (SSSR count). The molecule has 0 radical (unpaired) electrons. The number of halogens is 2. The molecule has 168 valence electrons. The summed E-state index contributed by atoms with van der Waals surface area (Å²) in [7, 11) is 0. The maximum absolute atomic E-state index is 13.4. The number of carbonyl (C=O) groups excluding carboxylic acids is 1. The molecular formula is C28H26ClFN2O. The average Bonchev–Trinajstić information content (AvgIpc) is 3.48. The highest BCUT2D eigenvalue weighted by Gasteiger charge is 2.26. The first-order valence-corrected chi connectivity index (χ1v) is 11.8. The maximum atomic E-state index is 13.4. The van der Waals surface area contributed by atoms with Crippen molar-refractivity contribution in [1.82, 2.24) is 9.47 Å². The molecule has 0 spiro atoms. The number of carbonyl (C=O) groups is 1. The summed E-state index contributed by atoms with van der Waals surface area (Å²) >= 11 is 6.35. The average molecular weight is 461 g/mol. The second-order valence-electron chi connectivity index (χ2n) is 8.76. The molecule has 4 aromatic rings. The van der Waals surface area contributed by atoms with Crippen LogP contribution in [0, 0.1) is 5.82 Å². The molecule has 1 aromatic heterocycles. The van der Waals surface area contributed by atoms with Gasteiger partial charge in [-0.25, -0.2) is 4.39 Å². The van der Waals surface area contributed by atoms with Crippen LogP contribution >= 0.6 is 11.6 Å². The second-order valence-corrected chi connectivity index (χ2v) is 9.19. The van der Waals surface area contributed by atoms with E-state index in [9.17, 15) is 9.18 Å². The van der Waals surface area contributed by atoms with Crippen LogP contribution in [-0.2, 0) is 11.3 Å². The molecule has 3 nitrogen and oxygen atoms in total. The number of fused-ring (bicyclic) bond motifs is 1. The molecule has 1 aliphatic rings. The molecule has 1 aliphatic heterocycles. The van der Waals surface area contributed by atoms with Crippen LogP contribution in [0.3, 0.4) is 0 Å². The van der Waals surface area contributed by atoms with Crippen LogP contribution in [0.4, 0.5) is 4.39 Å². The van der Waals surface area contributed by atoms with Gasteiger partial charge in [-0.3, -0.25) is 4.79 Å². The highest BCUT2D eigenvalue weighted by molar-refractivity contribution is 6.30. The van der Waals surface area contributed by atoms with Crippen molar-refractivity contribution in [3.63, 3.8) is 0 Å². The smallest absolute Gasteiger partial charge is 0.223 e. The van der Waals surface area contributed by atoms with E-state index in [0.29, 0.717) is 18.0 Å². The van der Waals surface area contributed by atoms with Gasteiger partial charge in [0.25, 0.3) is 0 Å². The van der Waals surface area contributed by atoms with Gasteiger partial charge in [0.15, 0.2) is 0 Å². The number of rotatable bonds is 6. The van der Waals surface area contributed by atoms with E-state index in [-0.39, 0.29) is 17.6 Å². The quantitative estimate of drug-likeness (QED) is 0.317. The van der Waals surface area contributed by atoms with Gasteiger partial charge in [0.2, 0.25) is 5.91 Å². The van der Waals surface area contributed by atoms with E-state index >= 15 is 0 Å². The summed E-state index contributed by atoms with van der Waals surface area (Å²) in [6.07, 6.45) is 4.71. The van der Waals surface area contributed by atoms with Crippen molar-refractivity contribution in [1.29, 1.82) is 0 Å². The van der Waals surface area contributed by atoms with Gasteiger partial charge in [-0.15, -0.1) is 0 Å². The van der Waals surface area contributed by atoms with Gasteiger partial charge in [-0.05, 0) is 59.9 Å².